The first-order valence-electron chi connectivity index (χ1n) is 10.3. The Labute approximate surface area is 188 Å². The van der Waals surface area contributed by atoms with Crippen LogP contribution in [0.15, 0.2) is 36.8 Å². The molecule has 0 spiro atoms. The number of carbonyl (C=O) groups excluding carboxylic acids is 1. The van der Waals surface area contributed by atoms with Gasteiger partial charge in [0.05, 0.1) is 22.4 Å². The minimum atomic E-state index is -4.54. The Hall–Kier alpha value is -2.75. The maximum Gasteiger partial charge on any atom is 0.433 e. The standard InChI is InChI=1S/C22H25F3N4O2S/c1-4-31-20(30)16-7-5-15(6-8-16)19-27-12-17(32-19)13(2)11-14(3)28-21-26-10-9-18(29-21)22(23,24)25/h9-12,15-16H,3-8H2,1-2H3,(H,26,28,29)/b13-11+. The monoisotopic (exact) mass is 466 g/mol. The van der Waals surface area contributed by atoms with Crippen LogP contribution in [0.4, 0.5) is 19.1 Å². The highest BCUT2D eigenvalue weighted by atomic mass is 32.1. The summed E-state index contributed by atoms with van der Waals surface area (Å²) in [4.78, 5) is 24.7. The van der Waals surface area contributed by atoms with E-state index in [1.165, 1.54) is 0 Å². The van der Waals surface area contributed by atoms with Crippen LogP contribution in [0.5, 0.6) is 0 Å². The zero-order valence-corrected chi connectivity index (χ0v) is 18.7. The van der Waals surface area contributed by atoms with Gasteiger partial charge in [-0.15, -0.1) is 11.3 Å². The highest BCUT2D eigenvalue weighted by Crippen LogP contribution is 2.39. The average molecular weight is 467 g/mol. The number of thiazole rings is 1. The molecule has 0 bridgehead atoms. The molecule has 1 fully saturated rings. The van der Waals surface area contributed by atoms with Gasteiger partial charge in [-0.3, -0.25) is 4.79 Å². The van der Waals surface area contributed by atoms with Crippen molar-refractivity contribution in [1.29, 1.82) is 0 Å². The number of esters is 1. The number of alkyl halides is 3. The van der Waals surface area contributed by atoms with Gasteiger partial charge in [-0.25, -0.2) is 15.0 Å². The fourth-order valence-corrected chi connectivity index (χ4v) is 4.64. The second-order valence-electron chi connectivity index (χ2n) is 7.60. The molecule has 0 atom stereocenters. The van der Waals surface area contributed by atoms with E-state index in [1.54, 1.807) is 23.6 Å². The lowest BCUT2D eigenvalue weighted by molar-refractivity contribution is -0.149. The van der Waals surface area contributed by atoms with Gasteiger partial charge in [0.2, 0.25) is 5.95 Å². The van der Waals surface area contributed by atoms with Crippen molar-refractivity contribution in [3.8, 4) is 0 Å². The largest absolute Gasteiger partial charge is 0.466 e. The number of ether oxygens (including phenoxy) is 1. The van der Waals surface area contributed by atoms with E-state index in [2.05, 4.69) is 26.8 Å². The maximum atomic E-state index is 12.8. The number of aromatic nitrogens is 3. The molecule has 0 unspecified atom stereocenters. The van der Waals surface area contributed by atoms with E-state index in [4.69, 9.17) is 4.74 Å². The molecule has 1 aliphatic carbocycles. The van der Waals surface area contributed by atoms with Gasteiger partial charge in [0.1, 0.15) is 5.69 Å². The van der Waals surface area contributed by atoms with Gasteiger partial charge in [0, 0.05) is 24.0 Å². The Kier molecular flexibility index (Phi) is 7.65. The van der Waals surface area contributed by atoms with Crippen LogP contribution < -0.4 is 5.32 Å². The molecule has 10 heteroatoms. The summed E-state index contributed by atoms with van der Waals surface area (Å²) in [5.41, 5.74) is 0.221. The van der Waals surface area contributed by atoms with Gasteiger partial charge >= 0.3 is 12.1 Å². The minimum Gasteiger partial charge on any atom is -0.466 e. The molecule has 3 rings (SSSR count). The van der Waals surface area contributed by atoms with Crippen molar-refractivity contribution >= 4 is 28.8 Å². The molecule has 0 amide bonds. The van der Waals surface area contributed by atoms with Crippen molar-refractivity contribution in [2.45, 2.75) is 51.6 Å². The van der Waals surface area contributed by atoms with Crippen LogP contribution >= 0.6 is 11.3 Å². The number of nitrogens with one attached hydrogen (secondary N) is 1. The predicted octanol–water partition coefficient (Wildman–Crippen LogP) is 5.82. The van der Waals surface area contributed by atoms with E-state index in [0.29, 0.717) is 18.2 Å². The normalized spacial score (nSPS) is 19.5. The molecule has 0 saturated heterocycles. The molecule has 0 aromatic carbocycles. The SMILES string of the molecule is C=C(/C=C(\C)c1cnc(C2CCC(C(=O)OCC)CC2)s1)Nc1nccc(C(F)(F)F)n1. The van der Waals surface area contributed by atoms with Crippen LogP contribution in [-0.2, 0) is 15.7 Å². The van der Waals surface area contributed by atoms with E-state index in [9.17, 15) is 18.0 Å². The van der Waals surface area contributed by atoms with Crippen molar-refractivity contribution in [1.82, 2.24) is 15.0 Å². The lowest BCUT2D eigenvalue weighted by Crippen LogP contribution is -2.23. The zero-order chi connectivity index (χ0) is 23.3. The molecule has 0 aliphatic heterocycles. The number of allylic oxidation sites excluding steroid dienone is 2. The number of halogens is 3. The van der Waals surface area contributed by atoms with Gasteiger partial charge in [-0.05, 0) is 57.2 Å². The number of nitrogens with zero attached hydrogens (tertiary/aromatic N) is 3. The van der Waals surface area contributed by atoms with Crippen molar-refractivity contribution in [3.63, 3.8) is 0 Å². The second kappa shape index (κ2) is 10.2. The third-order valence-electron chi connectivity index (χ3n) is 5.22. The molecule has 2 heterocycles. The number of hydrogen-bond donors (Lipinski definition) is 1. The molecule has 172 valence electrons. The van der Waals surface area contributed by atoms with E-state index in [-0.39, 0.29) is 17.8 Å². The summed E-state index contributed by atoms with van der Waals surface area (Å²) in [6, 6.07) is 0.814. The summed E-state index contributed by atoms with van der Waals surface area (Å²) in [7, 11) is 0. The Morgan fingerprint density at radius 2 is 2.03 bits per heavy atom. The lowest BCUT2D eigenvalue weighted by Gasteiger charge is -2.25. The Bertz CT molecular complexity index is 995. The van der Waals surface area contributed by atoms with E-state index in [0.717, 1.165) is 53.4 Å². The molecule has 1 N–H and O–H groups in total. The van der Waals surface area contributed by atoms with E-state index < -0.39 is 11.9 Å². The molecule has 0 radical (unpaired) electrons. The summed E-state index contributed by atoms with van der Waals surface area (Å²) >= 11 is 1.58. The molecular formula is C22H25F3N4O2S. The number of hydrogen-bond acceptors (Lipinski definition) is 7. The van der Waals surface area contributed by atoms with Gasteiger partial charge in [-0.2, -0.15) is 13.2 Å². The topological polar surface area (TPSA) is 77.0 Å². The van der Waals surface area contributed by atoms with Crippen LogP contribution in [-0.4, -0.2) is 27.5 Å². The molecule has 1 saturated carbocycles. The number of rotatable bonds is 7. The van der Waals surface area contributed by atoms with Gasteiger partial charge in [0.15, 0.2) is 0 Å². The zero-order valence-electron chi connectivity index (χ0n) is 17.9. The predicted molar refractivity (Wildman–Crippen MR) is 117 cm³/mol. The molecule has 1 aliphatic rings. The van der Waals surface area contributed by atoms with Gasteiger partial charge in [0.25, 0.3) is 0 Å². The van der Waals surface area contributed by atoms with Crippen molar-refractivity contribution in [2.75, 3.05) is 11.9 Å². The molecule has 6 nitrogen and oxygen atoms in total. The first-order chi connectivity index (χ1) is 15.2. The summed E-state index contributed by atoms with van der Waals surface area (Å²) in [5.74, 6) is 0.00402. The Morgan fingerprint density at radius 1 is 1.31 bits per heavy atom. The summed E-state index contributed by atoms with van der Waals surface area (Å²) in [6.07, 6.45) is 3.39. The maximum absolute atomic E-state index is 12.8. The highest BCUT2D eigenvalue weighted by molar-refractivity contribution is 7.12. The molecule has 2 aromatic rings. The third-order valence-corrected chi connectivity index (χ3v) is 6.51. The summed E-state index contributed by atoms with van der Waals surface area (Å²) in [5, 5.41) is 3.72. The highest BCUT2D eigenvalue weighted by Gasteiger charge is 2.33. The second-order valence-corrected chi connectivity index (χ2v) is 8.67. The van der Waals surface area contributed by atoms with Crippen LogP contribution in [0.25, 0.3) is 5.57 Å². The fourth-order valence-electron chi connectivity index (χ4n) is 3.58. The first-order valence-corrected chi connectivity index (χ1v) is 11.2. The molecule has 32 heavy (non-hydrogen) atoms. The van der Waals surface area contributed by atoms with Crippen LogP contribution in [0.1, 0.15) is 61.0 Å². The van der Waals surface area contributed by atoms with Crippen LogP contribution in [0, 0.1) is 5.92 Å². The van der Waals surface area contributed by atoms with Crippen LogP contribution in [0.2, 0.25) is 0 Å². The van der Waals surface area contributed by atoms with Crippen molar-refractivity contribution in [3.05, 3.63) is 52.4 Å². The lowest BCUT2D eigenvalue weighted by atomic mass is 9.82. The van der Waals surface area contributed by atoms with Gasteiger partial charge < -0.3 is 10.1 Å². The Morgan fingerprint density at radius 3 is 2.69 bits per heavy atom. The minimum absolute atomic E-state index is 0.0280. The van der Waals surface area contributed by atoms with E-state index >= 15 is 0 Å². The van der Waals surface area contributed by atoms with Gasteiger partial charge in [-0.1, -0.05) is 6.58 Å². The van der Waals surface area contributed by atoms with Crippen molar-refractivity contribution in [2.24, 2.45) is 5.92 Å². The summed E-state index contributed by atoms with van der Waals surface area (Å²) < 4.78 is 43.5. The van der Waals surface area contributed by atoms with E-state index in [1.807, 2.05) is 13.8 Å². The molecule has 2 aromatic heterocycles. The number of carbonyl (C=O) groups is 1. The molecular weight excluding hydrogens is 441 g/mol. The number of anilines is 1. The van der Waals surface area contributed by atoms with Crippen molar-refractivity contribution < 1.29 is 22.7 Å². The van der Waals surface area contributed by atoms with Crippen LogP contribution in [0.3, 0.4) is 0 Å². The fraction of sp³-hybridized carbons (Fsp3) is 0.455. The smallest absolute Gasteiger partial charge is 0.433 e. The third kappa shape index (κ3) is 6.15. The quantitative estimate of drug-likeness (QED) is 0.409. The Balaban J connectivity index is 1.60. The first kappa shape index (κ1) is 23.9. The summed E-state index contributed by atoms with van der Waals surface area (Å²) in [6.45, 7) is 7.94. The average Bonchev–Trinajstić information content (AvgIpc) is 3.24.